The van der Waals surface area contributed by atoms with Gasteiger partial charge in [0.05, 0.1) is 16.3 Å². The Bertz CT molecular complexity index is 1430. The molecule has 0 aliphatic carbocycles. The van der Waals surface area contributed by atoms with Gasteiger partial charge in [-0.25, -0.2) is 4.98 Å². The molecular formula is C21H18N6OS3. The van der Waals surface area contributed by atoms with Crippen LogP contribution in [-0.4, -0.2) is 30.2 Å². The first-order chi connectivity index (χ1) is 15.0. The number of rotatable bonds is 5. The van der Waals surface area contributed by atoms with E-state index in [1.165, 1.54) is 28.7 Å². The molecule has 4 heterocycles. The van der Waals surface area contributed by atoms with Crippen molar-refractivity contribution in [2.24, 2.45) is 0 Å². The molecule has 5 aromatic rings. The summed E-state index contributed by atoms with van der Waals surface area (Å²) in [4.78, 5) is 22.4. The van der Waals surface area contributed by atoms with Gasteiger partial charge in [-0.1, -0.05) is 35.5 Å². The highest BCUT2D eigenvalue weighted by molar-refractivity contribution is 7.99. The van der Waals surface area contributed by atoms with Crippen molar-refractivity contribution in [1.82, 2.24) is 30.2 Å². The molecule has 0 spiro atoms. The van der Waals surface area contributed by atoms with Crippen molar-refractivity contribution in [1.29, 1.82) is 0 Å². The highest BCUT2D eigenvalue weighted by atomic mass is 32.2. The third-order valence-electron chi connectivity index (χ3n) is 4.94. The SMILES string of the molecule is Cc1ccc(-n2nnnc2SC(C)c2nc3scc(-c4cccs4)c3c(=O)[nH]2)c(C)c1. The van der Waals surface area contributed by atoms with Gasteiger partial charge < -0.3 is 4.98 Å². The van der Waals surface area contributed by atoms with Gasteiger partial charge in [-0.05, 0) is 54.3 Å². The molecule has 0 amide bonds. The zero-order valence-corrected chi connectivity index (χ0v) is 19.4. The standard InChI is InChI=1S/C21H18N6OS3/c1-11-6-7-15(12(2)9-11)27-21(24-25-26-27)31-13(3)18-22-19(28)17-14(10-30-20(17)23-18)16-5-4-8-29-16/h4-10,13H,1-3H3,(H,22,23,28). The molecule has 0 aliphatic rings. The molecule has 1 N–H and O–H groups in total. The average Bonchev–Trinajstić information content (AvgIpc) is 3.48. The second-order valence-corrected chi connectivity index (χ2v) is 10.3. The number of aryl methyl sites for hydroxylation is 2. The highest BCUT2D eigenvalue weighted by Crippen LogP contribution is 2.36. The average molecular weight is 467 g/mol. The minimum Gasteiger partial charge on any atom is -0.309 e. The van der Waals surface area contributed by atoms with Crippen molar-refractivity contribution >= 4 is 44.7 Å². The number of aromatic amines is 1. The number of thiophene rings is 2. The molecule has 0 radical (unpaired) electrons. The van der Waals surface area contributed by atoms with E-state index < -0.39 is 0 Å². The second-order valence-electron chi connectivity index (χ2n) is 7.18. The number of nitrogens with one attached hydrogen (secondary N) is 1. The van der Waals surface area contributed by atoms with Crippen molar-refractivity contribution in [2.75, 3.05) is 0 Å². The predicted molar refractivity (Wildman–Crippen MR) is 126 cm³/mol. The van der Waals surface area contributed by atoms with E-state index >= 15 is 0 Å². The number of thioether (sulfide) groups is 1. The minimum absolute atomic E-state index is 0.119. The zero-order chi connectivity index (χ0) is 21.5. The van der Waals surface area contributed by atoms with Crippen molar-refractivity contribution in [3.8, 4) is 16.1 Å². The number of nitrogens with zero attached hydrogens (tertiary/aromatic N) is 5. The van der Waals surface area contributed by atoms with Crippen molar-refractivity contribution in [2.45, 2.75) is 31.2 Å². The predicted octanol–water partition coefficient (Wildman–Crippen LogP) is 5.16. The van der Waals surface area contributed by atoms with E-state index in [4.69, 9.17) is 4.98 Å². The number of fused-ring (bicyclic) bond motifs is 1. The Morgan fingerprint density at radius 1 is 1.19 bits per heavy atom. The largest absolute Gasteiger partial charge is 0.309 e. The maximum absolute atomic E-state index is 12.9. The lowest BCUT2D eigenvalue weighted by atomic mass is 10.1. The number of aromatic nitrogens is 6. The normalized spacial score (nSPS) is 12.5. The number of hydrogen-bond acceptors (Lipinski definition) is 8. The van der Waals surface area contributed by atoms with Crippen LogP contribution in [0.1, 0.15) is 29.1 Å². The third kappa shape index (κ3) is 3.71. The summed E-state index contributed by atoms with van der Waals surface area (Å²) >= 11 is 4.57. The van der Waals surface area contributed by atoms with Gasteiger partial charge in [0.2, 0.25) is 5.16 Å². The topological polar surface area (TPSA) is 89.3 Å². The van der Waals surface area contributed by atoms with Crippen LogP contribution in [0.5, 0.6) is 0 Å². The van der Waals surface area contributed by atoms with Crippen molar-refractivity contribution < 1.29 is 0 Å². The fourth-order valence-corrected chi connectivity index (χ4v) is 6.06. The second kappa shape index (κ2) is 8.03. The summed E-state index contributed by atoms with van der Waals surface area (Å²) in [6.07, 6.45) is 0. The fraction of sp³-hybridized carbons (Fsp3) is 0.190. The molecule has 1 unspecified atom stereocenters. The van der Waals surface area contributed by atoms with Crippen LogP contribution < -0.4 is 5.56 Å². The number of tetrazole rings is 1. The molecular weight excluding hydrogens is 448 g/mol. The van der Waals surface area contributed by atoms with Crippen LogP contribution in [0.4, 0.5) is 0 Å². The van der Waals surface area contributed by atoms with Crippen LogP contribution in [0.25, 0.3) is 26.3 Å². The molecule has 1 atom stereocenters. The number of H-pyrrole nitrogens is 1. The van der Waals surface area contributed by atoms with Gasteiger partial charge in [-0.3, -0.25) is 4.79 Å². The van der Waals surface area contributed by atoms with Crippen LogP contribution in [0.2, 0.25) is 0 Å². The van der Waals surface area contributed by atoms with Crippen molar-refractivity contribution in [3.63, 3.8) is 0 Å². The van der Waals surface area contributed by atoms with E-state index in [0.717, 1.165) is 26.5 Å². The van der Waals surface area contributed by atoms with Crippen LogP contribution in [0.15, 0.2) is 51.0 Å². The highest BCUT2D eigenvalue weighted by Gasteiger charge is 2.20. The summed E-state index contributed by atoms with van der Waals surface area (Å²) in [5.41, 5.74) is 4.03. The van der Waals surface area contributed by atoms with E-state index in [1.54, 1.807) is 16.0 Å². The zero-order valence-electron chi connectivity index (χ0n) is 17.0. The van der Waals surface area contributed by atoms with Gasteiger partial charge in [0.1, 0.15) is 10.7 Å². The molecule has 10 heteroatoms. The maximum Gasteiger partial charge on any atom is 0.260 e. The molecule has 0 saturated carbocycles. The van der Waals surface area contributed by atoms with Crippen LogP contribution in [0.3, 0.4) is 0 Å². The summed E-state index contributed by atoms with van der Waals surface area (Å²) < 4.78 is 1.73. The van der Waals surface area contributed by atoms with E-state index in [0.29, 0.717) is 16.4 Å². The summed E-state index contributed by atoms with van der Waals surface area (Å²) in [6, 6.07) is 10.2. The molecule has 0 saturated heterocycles. The maximum atomic E-state index is 12.9. The molecule has 31 heavy (non-hydrogen) atoms. The minimum atomic E-state index is -0.139. The van der Waals surface area contributed by atoms with Crippen molar-refractivity contribution in [3.05, 3.63) is 68.4 Å². The van der Waals surface area contributed by atoms with Crippen LogP contribution in [0, 0.1) is 13.8 Å². The van der Waals surface area contributed by atoms with E-state index in [2.05, 4.69) is 33.5 Å². The summed E-state index contributed by atoms with van der Waals surface area (Å²) in [5.74, 6) is 0.609. The molecule has 0 aliphatic heterocycles. The molecule has 0 bridgehead atoms. The van der Waals surface area contributed by atoms with Gasteiger partial charge in [0.15, 0.2) is 0 Å². The summed E-state index contributed by atoms with van der Waals surface area (Å²) in [6.45, 7) is 6.08. The molecule has 0 fully saturated rings. The summed E-state index contributed by atoms with van der Waals surface area (Å²) in [5, 5.41) is 17.4. The summed E-state index contributed by atoms with van der Waals surface area (Å²) in [7, 11) is 0. The Hall–Kier alpha value is -2.82. The molecule has 7 nitrogen and oxygen atoms in total. The smallest absolute Gasteiger partial charge is 0.260 e. The first-order valence-electron chi connectivity index (χ1n) is 9.59. The molecule has 1 aromatic carbocycles. The lowest BCUT2D eigenvalue weighted by Gasteiger charge is -2.12. The fourth-order valence-electron chi connectivity index (χ4n) is 3.43. The van der Waals surface area contributed by atoms with Crippen LogP contribution >= 0.6 is 34.4 Å². The van der Waals surface area contributed by atoms with Gasteiger partial charge >= 0.3 is 0 Å². The van der Waals surface area contributed by atoms with Crippen LogP contribution in [-0.2, 0) is 0 Å². The third-order valence-corrected chi connectivity index (χ3v) is 7.76. The Morgan fingerprint density at radius 2 is 2.06 bits per heavy atom. The number of hydrogen-bond donors (Lipinski definition) is 1. The van der Waals surface area contributed by atoms with Gasteiger partial charge in [0, 0.05) is 15.8 Å². The number of benzene rings is 1. The molecule has 156 valence electrons. The lowest BCUT2D eigenvalue weighted by Crippen LogP contribution is -2.12. The Morgan fingerprint density at radius 3 is 2.84 bits per heavy atom. The van der Waals surface area contributed by atoms with Gasteiger partial charge in [-0.15, -0.1) is 27.8 Å². The molecule has 4 aromatic heterocycles. The first kappa shape index (κ1) is 20.1. The lowest BCUT2D eigenvalue weighted by molar-refractivity contribution is 0.749. The van der Waals surface area contributed by atoms with E-state index in [1.807, 2.05) is 48.9 Å². The Balaban J connectivity index is 1.48. The van der Waals surface area contributed by atoms with Gasteiger partial charge in [0.25, 0.3) is 5.56 Å². The van der Waals surface area contributed by atoms with Gasteiger partial charge in [-0.2, -0.15) is 4.68 Å². The Labute approximate surface area is 190 Å². The van der Waals surface area contributed by atoms with E-state index in [9.17, 15) is 4.79 Å². The first-order valence-corrected chi connectivity index (χ1v) is 12.2. The Kier molecular flexibility index (Phi) is 5.20. The molecule has 5 rings (SSSR count). The van der Waals surface area contributed by atoms with E-state index in [-0.39, 0.29) is 10.8 Å². The monoisotopic (exact) mass is 466 g/mol. The quantitative estimate of drug-likeness (QED) is 0.360.